The number of aliphatic hydroxyl groups excluding tert-OH is 1. The lowest BCUT2D eigenvalue weighted by molar-refractivity contribution is -0.158. The molecular formula is C20H27N3O3. The van der Waals surface area contributed by atoms with Gasteiger partial charge in [-0.2, -0.15) is 5.10 Å². The highest BCUT2D eigenvalue weighted by molar-refractivity contribution is 5.76. The molecule has 1 atom stereocenters. The van der Waals surface area contributed by atoms with E-state index in [1.807, 2.05) is 31.0 Å². The first-order valence-corrected chi connectivity index (χ1v) is 9.08. The number of aryl methyl sites for hydroxylation is 3. The van der Waals surface area contributed by atoms with Gasteiger partial charge in [-0.05, 0) is 25.5 Å². The quantitative estimate of drug-likeness (QED) is 0.855. The Morgan fingerprint density at radius 3 is 2.69 bits per heavy atom. The Bertz CT molecular complexity index is 741. The molecule has 1 aliphatic heterocycles. The molecule has 1 N–H and O–H groups in total. The molecule has 2 heterocycles. The summed E-state index contributed by atoms with van der Waals surface area (Å²) >= 11 is 0. The molecule has 1 saturated heterocycles. The lowest BCUT2D eigenvalue weighted by atomic mass is 9.92. The monoisotopic (exact) mass is 357 g/mol. The smallest absolute Gasteiger partial charge is 0.224 e. The van der Waals surface area contributed by atoms with Crippen molar-refractivity contribution in [2.75, 3.05) is 26.3 Å². The SMILES string of the molecule is Cc1ccc(C[C@@]2(CO)CN(C(=O)CCn3ccc(C)n3)CCO2)cc1. The first kappa shape index (κ1) is 18.6. The maximum atomic E-state index is 12.6. The number of ether oxygens (including phenoxy) is 1. The summed E-state index contributed by atoms with van der Waals surface area (Å²) in [5.41, 5.74) is 2.51. The van der Waals surface area contributed by atoms with Crippen LogP contribution in [-0.2, 0) is 22.5 Å². The Morgan fingerprint density at radius 2 is 2.04 bits per heavy atom. The highest BCUT2D eigenvalue weighted by Crippen LogP contribution is 2.24. The predicted octanol–water partition coefficient (Wildman–Crippen LogP) is 1.72. The average molecular weight is 357 g/mol. The van der Waals surface area contributed by atoms with E-state index in [1.165, 1.54) is 5.56 Å². The number of nitrogens with zero attached hydrogens (tertiary/aromatic N) is 3. The van der Waals surface area contributed by atoms with Crippen molar-refractivity contribution in [1.82, 2.24) is 14.7 Å². The molecule has 26 heavy (non-hydrogen) atoms. The third-order valence-corrected chi connectivity index (χ3v) is 4.86. The second kappa shape index (κ2) is 8.01. The molecule has 2 aromatic rings. The van der Waals surface area contributed by atoms with Gasteiger partial charge in [-0.25, -0.2) is 0 Å². The number of carbonyl (C=O) groups is 1. The zero-order valence-corrected chi connectivity index (χ0v) is 15.5. The van der Waals surface area contributed by atoms with Crippen LogP contribution in [-0.4, -0.2) is 57.6 Å². The summed E-state index contributed by atoms with van der Waals surface area (Å²) < 4.78 is 7.72. The summed E-state index contributed by atoms with van der Waals surface area (Å²) in [5.74, 6) is 0.0724. The van der Waals surface area contributed by atoms with E-state index < -0.39 is 5.60 Å². The number of amides is 1. The van der Waals surface area contributed by atoms with Crippen LogP contribution in [0.4, 0.5) is 0 Å². The summed E-state index contributed by atoms with van der Waals surface area (Å²) in [6.45, 7) is 5.85. The maximum absolute atomic E-state index is 12.6. The van der Waals surface area contributed by atoms with Gasteiger partial charge in [-0.3, -0.25) is 9.48 Å². The van der Waals surface area contributed by atoms with Gasteiger partial charge in [0.15, 0.2) is 0 Å². The van der Waals surface area contributed by atoms with Crippen LogP contribution in [0.1, 0.15) is 23.2 Å². The van der Waals surface area contributed by atoms with Crippen LogP contribution in [0.3, 0.4) is 0 Å². The number of aromatic nitrogens is 2. The topological polar surface area (TPSA) is 67.6 Å². The molecule has 1 aromatic heterocycles. The van der Waals surface area contributed by atoms with Crippen LogP contribution < -0.4 is 0 Å². The van der Waals surface area contributed by atoms with E-state index in [0.29, 0.717) is 39.1 Å². The van der Waals surface area contributed by atoms with Crippen LogP contribution in [0.2, 0.25) is 0 Å². The van der Waals surface area contributed by atoms with E-state index in [0.717, 1.165) is 11.3 Å². The zero-order valence-electron chi connectivity index (χ0n) is 15.5. The van der Waals surface area contributed by atoms with Gasteiger partial charge in [0.1, 0.15) is 5.60 Å². The van der Waals surface area contributed by atoms with Crippen molar-refractivity contribution in [3.8, 4) is 0 Å². The van der Waals surface area contributed by atoms with E-state index in [2.05, 4.69) is 29.4 Å². The lowest BCUT2D eigenvalue weighted by Crippen LogP contribution is -2.56. The Morgan fingerprint density at radius 1 is 1.27 bits per heavy atom. The van der Waals surface area contributed by atoms with Gasteiger partial charge < -0.3 is 14.7 Å². The standard InChI is InChI=1S/C20H27N3O3/c1-16-3-5-18(6-4-16)13-20(15-24)14-22(11-12-26-20)19(25)8-10-23-9-7-17(2)21-23/h3-7,9,24H,8,10-15H2,1-2H3/t20-/m0/s1. The third kappa shape index (κ3) is 4.51. The van der Waals surface area contributed by atoms with E-state index in [4.69, 9.17) is 4.74 Å². The Balaban J connectivity index is 1.62. The molecule has 3 rings (SSSR count). The van der Waals surface area contributed by atoms with Gasteiger partial charge in [-0.15, -0.1) is 0 Å². The first-order chi connectivity index (χ1) is 12.5. The maximum Gasteiger partial charge on any atom is 0.224 e. The highest BCUT2D eigenvalue weighted by Gasteiger charge is 2.38. The summed E-state index contributed by atoms with van der Waals surface area (Å²) in [5, 5.41) is 14.3. The number of morpholine rings is 1. The average Bonchev–Trinajstić information content (AvgIpc) is 3.07. The third-order valence-electron chi connectivity index (χ3n) is 4.86. The van der Waals surface area contributed by atoms with Crippen LogP contribution in [0.15, 0.2) is 36.5 Å². The number of benzene rings is 1. The largest absolute Gasteiger partial charge is 0.393 e. The van der Waals surface area contributed by atoms with Gasteiger partial charge in [0.05, 0.1) is 25.5 Å². The van der Waals surface area contributed by atoms with E-state index in [9.17, 15) is 9.90 Å². The Labute approximate surface area is 154 Å². The molecule has 0 bridgehead atoms. The predicted molar refractivity (Wildman–Crippen MR) is 98.8 cm³/mol. The molecule has 0 radical (unpaired) electrons. The van der Waals surface area contributed by atoms with Crippen molar-refractivity contribution in [2.45, 2.75) is 38.8 Å². The molecule has 1 aromatic carbocycles. The van der Waals surface area contributed by atoms with Crippen molar-refractivity contribution in [3.63, 3.8) is 0 Å². The fourth-order valence-corrected chi connectivity index (χ4v) is 3.35. The molecule has 0 unspecified atom stereocenters. The van der Waals surface area contributed by atoms with Crippen molar-refractivity contribution >= 4 is 5.91 Å². The minimum atomic E-state index is -0.731. The second-order valence-electron chi connectivity index (χ2n) is 7.14. The number of aliphatic hydroxyl groups is 1. The Hall–Kier alpha value is -2.18. The summed E-state index contributed by atoms with van der Waals surface area (Å²) in [7, 11) is 0. The molecule has 1 fully saturated rings. The Kier molecular flexibility index (Phi) is 5.74. The first-order valence-electron chi connectivity index (χ1n) is 9.08. The van der Waals surface area contributed by atoms with Gasteiger partial charge >= 0.3 is 0 Å². The molecule has 0 aliphatic carbocycles. The van der Waals surface area contributed by atoms with E-state index in [-0.39, 0.29) is 12.5 Å². The van der Waals surface area contributed by atoms with Gasteiger partial charge in [0.25, 0.3) is 0 Å². The van der Waals surface area contributed by atoms with Gasteiger partial charge in [0.2, 0.25) is 5.91 Å². The summed E-state index contributed by atoms with van der Waals surface area (Å²) in [4.78, 5) is 14.4. The number of hydrogen-bond donors (Lipinski definition) is 1. The number of carbonyl (C=O) groups excluding carboxylic acids is 1. The van der Waals surface area contributed by atoms with Gasteiger partial charge in [0, 0.05) is 32.1 Å². The molecular weight excluding hydrogens is 330 g/mol. The van der Waals surface area contributed by atoms with Gasteiger partial charge in [-0.1, -0.05) is 29.8 Å². The van der Waals surface area contributed by atoms with Crippen molar-refractivity contribution < 1.29 is 14.6 Å². The normalized spacial score (nSPS) is 20.3. The summed E-state index contributed by atoms with van der Waals surface area (Å²) in [6, 6.07) is 10.1. The number of rotatable bonds is 6. The molecule has 0 spiro atoms. The van der Waals surface area contributed by atoms with Crippen molar-refractivity contribution in [3.05, 3.63) is 53.3 Å². The number of hydrogen-bond acceptors (Lipinski definition) is 4. The molecule has 0 saturated carbocycles. The van der Waals surface area contributed by atoms with Crippen molar-refractivity contribution in [2.24, 2.45) is 0 Å². The minimum absolute atomic E-state index is 0.0724. The summed E-state index contributed by atoms with van der Waals surface area (Å²) in [6.07, 6.45) is 2.87. The van der Waals surface area contributed by atoms with Crippen LogP contribution in [0.5, 0.6) is 0 Å². The van der Waals surface area contributed by atoms with E-state index >= 15 is 0 Å². The fraction of sp³-hybridized carbons (Fsp3) is 0.500. The van der Waals surface area contributed by atoms with Crippen LogP contribution in [0.25, 0.3) is 0 Å². The molecule has 1 amide bonds. The second-order valence-corrected chi connectivity index (χ2v) is 7.14. The lowest BCUT2D eigenvalue weighted by Gasteiger charge is -2.42. The van der Waals surface area contributed by atoms with Crippen LogP contribution >= 0.6 is 0 Å². The molecule has 1 aliphatic rings. The zero-order chi connectivity index (χ0) is 18.6. The van der Waals surface area contributed by atoms with Crippen LogP contribution in [0, 0.1) is 13.8 Å². The van der Waals surface area contributed by atoms with E-state index in [1.54, 1.807) is 4.68 Å². The minimum Gasteiger partial charge on any atom is -0.393 e. The van der Waals surface area contributed by atoms with Crippen molar-refractivity contribution in [1.29, 1.82) is 0 Å². The molecule has 6 heteroatoms. The fourth-order valence-electron chi connectivity index (χ4n) is 3.35. The molecule has 140 valence electrons. The highest BCUT2D eigenvalue weighted by atomic mass is 16.5. The molecule has 6 nitrogen and oxygen atoms in total.